The van der Waals surface area contributed by atoms with Gasteiger partial charge in [0.25, 0.3) is 0 Å². The lowest BCUT2D eigenvalue weighted by Gasteiger charge is -2.15. The van der Waals surface area contributed by atoms with Crippen molar-refractivity contribution in [2.24, 2.45) is 0 Å². The molecule has 0 bridgehead atoms. The molecule has 1 atom stereocenters. The lowest BCUT2D eigenvalue weighted by molar-refractivity contribution is 0.227. The van der Waals surface area contributed by atoms with Crippen molar-refractivity contribution in [2.45, 2.75) is 32.8 Å². The minimum Gasteiger partial charge on any atom is -0.486 e. The zero-order valence-corrected chi connectivity index (χ0v) is 11.3. The van der Waals surface area contributed by atoms with E-state index in [-0.39, 0.29) is 6.10 Å². The second-order valence-corrected chi connectivity index (χ2v) is 4.89. The molecule has 2 rings (SSSR count). The van der Waals surface area contributed by atoms with E-state index in [0.717, 1.165) is 5.75 Å². The van der Waals surface area contributed by atoms with Crippen LogP contribution in [0.15, 0.2) is 54.6 Å². The Bertz CT molecular complexity index is 471. The summed E-state index contributed by atoms with van der Waals surface area (Å²) >= 11 is 0. The highest BCUT2D eigenvalue weighted by molar-refractivity contribution is 5.30. The van der Waals surface area contributed by atoms with Crippen LogP contribution in [0.2, 0.25) is 0 Å². The Morgan fingerprint density at radius 2 is 1.33 bits per heavy atom. The fourth-order valence-corrected chi connectivity index (χ4v) is 1.93. The number of rotatable bonds is 4. The Balaban J connectivity index is 2.05. The molecule has 1 heteroatoms. The van der Waals surface area contributed by atoms with Gasteiger partial charge in [-0.05, 0) is 36.1 Å². The quantitative estimate of drug-likeness (QED) is 0.734. The minimum atomic E-state index is 0.0797. The average molecular weight is 240 g/mol. The van der Waals surface area contributed by atoms with E-state index in [0.29, 0.717) is 5.92 Å². The van der Waals surface area contributed by atoms with Crippen LogP contribution in [0.4, 0.5) is 0 Å². The van der Waals surface area contributed by atoms with E-state index in [1.54, 1.807) is 0 Å². The maximum Gasteiger partial charge on any atom is 0.121 e. The molecule has 0 saturated heterocycles. The van der Waals surface area contributed by atoms with Crippen LogP contribution >= 0.6 is 0 Å². The van der Waals surface area contributed by atoms with Crippen LogP contribution in [-0.2, 0) is 0 Å². The summed E-state index contributed by atoms with van der Waals surface area (Å²) in [7, 11) is 0. The first-order valence-electron chi connectivity index (χ1n) is 6.48. The molecule has 2 aromatic rings. The van der Waals surface area contributed by atoms with E-state index in [2.05, 4.69) is 57.2 Å². The standard InChI is InChI=1S/C17H20O/c1-13(2)15-9-11-17(12-10-15)18-14(3)16-7-5-4-6-8-16/h4-14H,1-3H3. The summed E-state index contributed by atoms with van der Waals surface area (Å²) < 4.78 is 5.94. The van der Waals surface area contributed by atoms with Crippen molar-refractivity contribution >= 4 is 0 Å². The minimum absolute atomic E-state index is 0.0797. The molecule has 0 N–H and O–H groups in total. The molecule has 1 nitrogen and oxygen atoms in total. The summed E-state index contributed by atoms with van der Waals surface area (Å²) in [6.45, 7) is 6.47. The van der Waals surface area contributed by atoms with Crippen LogP contribution in [0.5, 0.6) is 5.75 Å². The summed E-state index contributed by atoms with van der Waals surface area (Å²) in [5.74, 6) is 1.49. The van der Waals surface area contributed by atoms with E-state index in [1.165, 1.54) is 11.1 Å². The molecular weight excluding hydrogens is 220 g/mol. The number of benzene rings is 2. The zero-order chi connectivity index (χ0) is 13.0. The highest BCUT2D eigenvalue weighted by Gasteiger charge is 2.06. The van der Waals surface area contributed by atoms with E-state index in [9.17, 15) is 0 Å². The lowest BCUT2D eigenvalue weighted by Crippen LogP contribution is -2.02. The molecule has 0 fully saturated rings. The molecule has 0 radical (unpaired) electrons. The molecule has 0 aliphatic rings. The van der Waals surface area contributed by atoms with Gasteiger partial charge in [0.15, 0.2) is 0 Å². The molecule has 0 aliphatic carbocycles. The third-order valence-corrected chi connectivity index (χ3v) is 3.13. The first-order valence-corrected chi connectivity index (χ1v) is 6.48. The number of hydrogen-bond donors (Lipinski definition) is 0. The number of hydrogen-bond acceptors (Lipinski definition) is 1. The van der Waals surface area contributed by atoms with Gasteiger partial charge in [-0.25, -0.2) is 0 Å². The second-order valence-electron chi connectivity index (χ2n) is 4.89. The molecule has 0 heterocycles. The van der Waals surface area contributed by atoms with E-state index < -0.39 is 0 Å². The highest BCUT2D eigenvalue weighted by atomic mass is 16.5. The SMILES string of the molecule is CC(C)c1ccc(OC(C)c2ccccc2)cc1. The van der Waals surface area contributed by atoms with Crippen LogP contribution in [0, 0.1) is 0 Å². The van der Waals surface area contributed by atoms with Gasteiger partial charge in [0.1, 0.15) is 11.9 Å². The van der Waals surface area contributed by atoms with Gasteiger partial charge in [0, 0.05) is 0 Å². The normalized spacial score (nSPS) is 12.4. The van der Waals surface area contributed by atoms with Crippen molar-refractivity contribution in [2.75, 3.05) is 0 Å². The molecular formula is C17H20O. The van der Waals surface area contributed by atoms with Crippen LogP contribution < -0.4 is 4.74 Å². The summed E-state index contributed by atoms with van der Waals surface area (Å²) in [6.07, 6.45) is 0.0797. The van der Waals surface area contributed by atoms with Crippen LogP contribution in [0.1, 0.15) is 43.9 Å². The predicted molar refractivity (Wildman–Crippen MR) is 76.0 cm³/mol. The fraction of sp³-hybridized carbons (Fsp3) is 0.294. The zero-order valence-electron chi connectivity index (χ0n) is 11.3. The van der Waals surface area contributed by atoms with Crippen molar-refractivity contribution in [3.8, 4) is 5.75 Å². The molecule has 2 aromatic carbocycles. The maximum absolute atomic E-state index is 5.94. The molecule has 0 spiro atoms. The molecule has 94 valence electrons. The van der Waals surface area contributed by atoms with Crippen molar-refractivity contribution in [1.82, 2.24) is 0 Å². The summed E-state index contributed by atoms with van der Waals surface area (Å²) in [6, 6.07) is 18.7. The van der Waals surface area contributed by atoms with E-state index in [4.69, 9.17) is 4.74 Å². The Kier molecular flexibility index (Phi) is 4.03. The van der Waals surface area contributed by atoms with E-state index in [1.807, 2.05) is 18.2 Å². The van der Waals surface area contributed by atoms with Gasteiger partial charge in [-0.15, -0.1) is 0 Å². The molecule has 0 saturated carbocycles. The van der Waals surface area contributed by atoms with Crippen molar-refractivity contribution in [3.05, 3.63) is 65.7 Å². The van der Waals surface area contributed by atoms with Crippen molar-refractivity contribution in [3.63, 3.8) is 0 Å². The first kappa shape index (κ1) is 12.7. The third kappa shape index (κ3) is 3.13. The molecule has 1 unspecified atom stereocenters. The van der Waals surface area contributed by atoms with Gasteiger partial charge in [-0.3, -0.25) is 0 Å². The Morgan fingerprint density at radius 1 is 0.722 bits per heavy atom. The van der Waals surface area contributed by atoms with Gasteiger partial charge < -0.3 is 4.74 Å². The third-order valence-electron chi connectivity index (χ3n) is 3.13. The van der Waals surface area contributed by atoms with Gasteiger partial charge in [-0.1, -0.05) is 56.3 Å². The second kappa shape index (κ2) is 5.72. The monoisotopic (exact) mass is 240 g/mol. The summed E-state index contributed by atoms with van der Waals surface area (Å²) in [5.41, 5.74) is 2.54. The molecule has 0 aromatic heterocycles. The van der Waals surface area contributed by atoms with Gasteiger partial charge >= 0.3 is 0 Å². The van der Waals surface area contributed by atoms with Crippen LogP contribution in [0.3, 0.4) is 0 Å². The van der Waals surface area contributed by atoms with Gasteiger partial charge in [0.2, 0.25) is 0 Å². The fourth-order valence-electron chi connectivity index (χ4n) is 1.93. The highest BCUT2D eigenvalue weighted by Crippen LogP contribution is 2.23. The molecule has 18 heavy (non-hydrogen) atoms. The Hall–Kier alpha value is -1.76. The van der Waals surface area contributed by atoms with Crippen molar-refractivity contribution < 1.29 is 4.74 Å². The van der Waals surface area contributed by atoms with Crippen LogP contribution in [0.25, 0.3) is 0 Å². The lowest BCUT2D eigenvalue weighted by atomic mass is 10.0. The average Bonchev–Trinajstić information content (AvgIpc) is 2.40. The Morgan fingerprint density at radius 3 is 1.89 bits per heavy atom. The topological polar surface area (TPSA) is 9.23 Å². The maximum atomic E-state index is 5.94. The van der Waals surface area contributed by atoms with Gasteiger partial charge in [-0.2, -0.15) is 0 Å². The largest absolute Gasteiger partial charge is 0.486 e. The molecule has 0 aliphatic heterocycles. The van der Waals surface area contributed by atoms with Crippen LogP contribution in [-0.4, -0.2) is 0 Å². The number of ether oxygens (including phenoxy) is 1. The molecule has 0 amide bonds. The first-order chi connectivity index (χ1) is 8.66. The van der Waals surface area contributed by atoms with E-state index >= 15 is 0 Å². The smallest absolute Gasteiger partial charge is 0.121 e. The van der Waals surface area contributed by atoms with Crippen molar-refractivity contribution in [1.29, 1.82) is 0 Å². The predicted octanol–water partition coefficient (Wildman–Crippen LogP) is 4.95. The van der Waals surface area contributed by atoms with Gasteiger partial charge in [0.05, 0.1) is 0 Å². The summed E-state index contributed by atoms with van der Waals surface area (Å²) in [5, 5.41) is 0. The summed E-state index contributed by atoms with van der Waals surface area (Å²) in [4.78, 5) is 0. The Labute approximate surface area is 109 Å².